The van der Waals surface area contributed by atoms with E-state index in [1.54, 1.807) is 0 Å². The Bertz CT molecular complexity index is 486. The van der Waals surface area contributed by atoms with Crippen LogP contribution < -0.4 is 5.32 Å². The van der Waals surface area contributed by atoms with Crippen LogP contribution in [0.25, 0.3) is 0 Å². The van der Waals surface area contributed by atoms with Gasteiger partial charge in [0.2, 0.25) is 0 Å². The van der Waals surface area contributed by atoms with E-state index in [-0.39, 0.29) is 0 Å². The van der Waals surface area contributed by atoms with Crippen LogP contribution in [0, 0.1) is 5.92 Å². The molecule has 1 fully saturated rings. The highest BCUT2D eigenvalue weighted by atomic mass is 32.1. The van der Waals surface area contributed by atoms with E-state index in [4.69, 9.17) is 0 Å². The molecule has 1 aliphatic carbocycles. The van der Waals surface area contributed by atoms with E-state index in [0.29, 0.717) is 12.1 Å². The van der Waals surface area contributed by atoms with Crippen molar-refractivity contribution in [1.29, 1.82) is 0 Å². The van der Waals surface area contributed by atoms with Gasteiger partial charge in [0.15, 0.2) is 0 Å². The molecule has 2 atom stereocenters. The predicted molar refractivity (Wildman–Crippen MR) is 83.8 cm³/mol. The van der Waals surface area contributed by atoms with Gasteiger partial charge in [0.1, 0.15) is 5.82 Å². The summed E-state index contributed by atoms with van der Waals surface area (Å²) < 4.78 is 0. The van der Waals surface area contributed by atoms with Crippen molar-refractivity contribution in [3.05, 3.63) is 40.6 Å². The van der Waals surface area contributed by atoms with E-state index in [9.17, 15) is 0 Å². The highest BCUT2D eigenvalue weighted by Gasteiger charge is 2.29. The molecule has 0 aromatic carbocycles. The van der Waals surface area contributed by atoms with Crippen LogP contribution in [-0.2, 0) is 0 Å². The number of rotatable bonds is 6. The van der Waals surface area contributed by atoms with Crippen LogP contribution in [0.15, 0.2) is 29.9 Å². The first-order valence-corrected chi connectivity index (χ1v) is 8.55. The number of hydrogen-bond acceptors (Lipinski definition) is 3. The first-order valence-electron chi connectivity index (χ1n) is 7.67. The monoisotopic (exact) mass is 289 g/mol. The quantitative estimate of drug-likeness (QED) is 0.825. The first-order chi connectivity index (χ1) is 9.88. The Morgan fingerprint density at radius 2 is 2.30 bits per heavy atom. The summed E-state index contributed by atoms with van der Waals surface area (Å²) in [7, 11) is 0. The molecule has 2 aromatic rings. The van der Waals surface area contributed by atoms with Crippen LogP contribution in [0.4, 0.5) is 0 Å². The van der Waals surface area contributed by atoms with Gasteiger partial charge in [-0.1, -0.05) is 25.8 Å². The summed E-state index contributed by atoms with van der Waals surface area (Å²) in [6.45, 7) is 2.22. The van der Waals surface area contributed by atoms with Gasteiger partial charge in [-0.15, -0.1) is 11.3 Å². The fourth-order valence-electron chi connectivity index (χ4n) is 3.28. The van der Waals surface area contributed by atoms with Gasteiger partial charge in [0, 0.05) is 23.3 Å². The van der Waals surface area contributed by atoms with Crippen LogP contribution in [0.2, 0.25) is 0 Å². The predicted octanol–water partition coefficient (Wildman–Crippen LogP) is 4.44. The Kier molecular flexibility index (Phi) is 4.53. The Labute approximate surface area is 124 Å². The number of thiophene rings is 1. The Hall–Kier alpha value is -1.13. The molecule has 1 aliphatic rings. The zero-order chi connectivity index (χ0) is 13.8. The second kappa shape index (κ2) is 6.55. The molecule has 3 rings (SSSR count). The Balaban J connectivity index is 1.78. The molecule has 108 valence electrons. The molecule has 0 saturated heterocycles. The van der Waals surface area contributed by atoms with Crippen molar-refractivity contribution < 1.29 is 0 Å². The summed E-state index contributed by atoms with van der Waals surface area (Å²) in [5.74, 6) is 1.84. The van der Waals surface area contributed by atoms with Crippen LogP contribution in [0.5, 0.6) is 0 Å². The molecule has 1 saturated carbocycles. The molecular formula is C16H23N3S. The van der Waals surface area contributed by atoms with Gasteiger partial charge in [-0.2, -0.15) is 0 Å². The number of aromatic amines is 1. The van der Waals surface area contributed by atoms with Gasteiger partial charge in [-0.05, 0) is 36.6 Å². The number of imidazole rings is 1. The normalized spacial score (nSPS) is 19.2. The molecule has 2 heterocycles. The molecule has 4 heteroatoms. The van der Waals surface area contributed by atoms with Crippen molar-refractivity contribution in [2.24, 2.45) is 5.92 Å². The lowest BCUT2D eigenvalue weighted by Crippen LogP contribution is -2.30. The lowest BCUT2D eigenvalue weighted by atomic mass is 9.95. The van der Waals surface area contributed by atoms with Gasteiger partial charge in [0.05, 0.1) is 6.04 Å². The molecule has 3 nitrogen and oxygen atoms in total. The molecule has 2 aromatic heterocycles. The minimum atomic E-state index is 0.317. The van der Waals surface area contributed by atoms with Gasteiger partial charge in [0.25, 0.3) is 0 Å². The van der Waals surface area contributed by atoms with Gasteiger partial charge in [-0.3, -0.25) is 5.32 Å². The van der Waals surface area contributed by atoms with Crippen molar-refractivity contribution in [1.82, 2.24) is 15.3 Å². The number of hydrogen-bond donors (Lipinski definition) is 2. The fourth-order valence-corrected chi connectivity index (χ4v) is 4.16. The summed E-state index contributed by atoms with van der Waals surface area (Å²) in [4.78, 5) is 9.17. The van der Waals surface area contributed by atoms with Crippen molar-refractivity contribution in [2.45, 2.75) is 51.1 Å². The number of aromatic nitrogens is 2. The zero-order valence-corrected chi connectivity index (χ0v) is 12.8. The molecule has 0 radical (unpaired) electrons. The molecule has 2 N–H and O–H groups in total. The van der Waals surface area contributed by atoms with E-state index in [1.165, 1.54) is 30.6 Å². The average molecular weight is 289 g/mol. The second-order valence-electron chi connectivity index (χ2n) is 5.64. The highest BCUT2D eigenvalue weighted by molar-refractivity contribution is 7.10. The molecule has 0 amide bonds. The van der Waals surface area contributed by atoms with Crippen molar-refractivity contribution in [3.63, 3.8) is 0 Å². The second-order valence-corrected chi connectivity index (χ2v) is 6.62. The van der Waals surface area contributed by atoms with E-state index < -0.39 is 0 Å². The lowest BCUT2D eigenvalue weighted by Gasteiger charge is -2.28. The molecule has 0 spiro atoms. The number of nitrogens with one attached hydrogen (secondary N) is 2. The van der Waals surface area contributed by atoms with Crippen molar-refractivity contribution >= 4 is 11.3 Å². The first kappa shape index (κ1) is 13.8. The number of nitrogens with zero attached hydrogens (tertiary/aromatic N) is 1. The fraction of sp³-hybridized carbons (Fsp3) is 0.562. The van der Waals surface area contributed by atoms with E-state index in [1.807, 2.05) is 23.7 Å². The third kappa shape index (κ3) is 2.96. The summed E-state index contributed by atoms with van der Waals surface area (Å²) >= 11 is 1.87. The zero-order valence-electron chi connectivity index (χ0n) is 12.0. The molecule has 20 heavy (non-hydrogen) atoms. The standard InChI is InChI=1S/C16H23N3S/c1-2-13(16-17-9-10-18-16)19-15(12-6-3-4-7-12)14-8-5-11-20-14/h5,8-13,15,19H,2-4,6-7H2,1H3,(H,17,18). The van der Waals surface area contributed by atoms with Gasteiger partial charge >= 0.3 is 0 Å². The smallest absolute Gasteiger partial charge is 0.123 e. The summed E-state index contributed by atoms with van der Waals surface area (Å²) in [6.07, 6.45) is 10.3. The maximum absolute atomic E-state index is 4.43. The van der Waals surface area contributed by atoms with Gasteiger partial charge in [-0.25, -0.2) is 4.98 Å². The van der Waals surface area contributed by atoms with Crippen LogP contribution >= 0.6 is 11.3 Å². The Morgan fingerprint density at radius 1 is 1.45 bits per heavy atom. The van der Waals surface area contributed by atoms with E-state index >= 15 is 0 Å². The minimum absolute atomic E-state index is 0.317. The number of H-pyrrole nitrogens is 1. The third-order valence-electron chi connectivity index (χ3n) is 4.36. The topological polar surface area (TPSA) is 40.7 Å². The van der Waals surface area contributed by atoms with E-state index in [0.717, 1.165) is 18.2 Å². The van der Waals surface area contributed by atoms with Crippen LogP contribution in [0.3, 0.4) is 0 Å². The lowest BCUT2D eigenvalue weighted by molar-refractivity contribution is 0.324. The highest BCUT2D eigenvalue weighted by Crippen LogP contribution is 2.38. The molecular weight excluding hydrogens is 266 g/mol. The van der Waals surface area contributed by atoms with Crippen LogP contribution in [0.1, 0.15) is 61.8 Å². The SMILES string of the molecule is CCC(NC(c1cccs1)C1CCCC1)c1ncc[nH]1. The minimum Gasteiger partial charge on any atom is -0.347 e. The summed E-state index contributed by atoms with van der Waals surface area (Å²) in [5.41, 5.74) is 0. The molecule has 0 aliphatic heterocycles. The van der Waals surface area contributed by atoms with Gasteiger partial charge < -0.3 is 4.98 Å². The summed E-state index contributed by atoms with van der Waals surface area (Å²) in [5, 5.41) is 6.05. The summed E-state index contributed by atoms with van der Waals surface area (Å²) in [6, 6.07) is 5.23. The van der Waals surface area contributed by atoms with Crippen molar-refractivity contribution in [3.8, 4) is 0 Å². The largest absolute Gasteiger partial charge is 0.347 e. The maximum Gasteiger partial charge on any atom is 0.123 e. The van der Waals surface area contributed by atoms with Crippen LogP contribution in [-0.4, -0.2) is 9.97 Å². The third-order valence-corrected chi connectivity index (χ3v) is 5.31. The molecule has 2 unspecified atom stereocenters. The van der Waals surface area contributed by atoms with Crippen molar-refractivity contribution in [2.75, 3.05) is 0 Å². The maximum atomic E-state index is 4.43. The average Bonchev–Trinajstić information content (AvgIpc) is 3.23. The molecule has 0 bridgehead atoms. The van der Waals surface area contributed by atoms with E-state index in [2.05, 4.69) is 39.7 Å². The Morgan fingerprint density at radius 3 is 2.90 bits per heavy atom.